The van der Waals surface area contributed by atoms with Gasteiger partial charge in [0.2, 0.25) is 0 Å². The molecule has 0 aliphatic rings. The summed E-state index contributed by atoms with van der Waals surface area (Å²) in [5.41, 5.74) is 4.96. The van der Waals surface area contributed by atoms with Crippen LogP contribution in [0.25, 0.3) is 10.9 Å². The SMILES string of the molecule is Cc1nn(C)cc1C(C)NCCc1c[nH]c2ccccc12. The lowest BCUT2D eigenvalue weighted by Crippen LogP contribution is -2.21. The molecule has 0 saturated carbocycles. The van der Waals surface area contributed by atoms with Crippen LogP contribution in [0.1, 0.15) is 29.8 Å². The smallest absolute Gasteiger partial charge is 0.0641 e. The number of aryl methyl sites for hydroxylation is 2. The average Bonchev–Trinajstić information content (AvgIpc) is 3.02. The quantitative estimate of drug-likeness (QED) is 0.755. The van der Waals surface area contributed by atoms with Gasteiger partial charge in [-0.15, -0.1) is 0 Å². The van der Waals surface area contributed by atoms with Crippen LogP contribution in [-0.4, -0.2) is 21.3 Å². The van der Waals surface area contributed by atoms with Gasteiger partial charge in [0.05, 0.1) is 5.69 Å². The van der Waals surface area contributed by atoms with Gasteiger partial charge in [-0.05, 0) is 38.4 Å². The molecule has 0 saturated heterocycles. The molecule has 3 aromatic rings. The Bertz CT molecular complexity index is 738. The molecule has 21 heavy (non-hydrogen) atoms. The Balaban J connectivity index is 1.62. The number of aromatic nitrogens is 3. The molecule has 2 N–H and O–H groups in total. The topological polar surface area (TPSA) is 45.6 Å². The first-order valence-corrected chi connectivity index (χ1v) is 7.43. The normalized spacial score (nSPS) is 12.9. The number of aromatic amines is 1. The van der Waals surface area contributed by atoms with Gasteiger partial charge in [0.15, 0.2) is 0 Å². The van der Waals surface area contributed by atoms with Gasteiger partial charge in [-0.2, -0.15) is 5.10 Å². The summed E-state index contributed by atoms with van der Waals surface area (Å²) in [5, 5.41) is 9.32. The van der Waals surface area contributed by atoms with Crippen molar-refractivity contribution in [2.75, 3.05) is 6.54 Å². The fourth-order valence-corrected chi connectivity index (χ4v) is 2.91. The van der Waals surface area contributed by atoms with Crippen molar-refractivity contribution in [2.45, 2.75) is 26.3 Å². The Morgan fingerprint density at radius 3 is 2.90 bits per heavy atom. The van der Waals surface area contributed by atoms with Gasteiger partial charge in [0.1, 0.15) is 0 Å². The van der Waals surface area contributed by atoms with E-state index in [1.165, 1.54) is 22.0 Å². The van der Waals surface area contributed by atoms with Gasteiger partial charge in [-0.1, -0.05) is 18.2 Å². The summed E-state index contributed by atoms with van der Waals surface area (Å²) in [6.07, 6.45) is 5.23. The summed E-state index contributed by atoms with van der Waals surface area (Å²) in [4.78, 5) is 3.33. The number of hydrogen-bond acceptors (Lipinski definition) is 2. The Morgan fingerprint density at radius 2 is 2.14 bits per heavy atom. The monoisotopic (exact) mass is 282 g/mol. The van der Waals surface area contributed by atoms with E-state index in [1.54, 1.807) is 0 Å². The highest BCUT2D eigenvalue weighted by Gasteiger charge is 2.11. The summed E-state index contributed by atoms with van der Waals surface area (Å²) in [6.45, 7) is 5.21. The van der Waals surface area contributed by atoms with Crippen molar-refractivity contribution in [1.29, 1.82) is 0 Å². The third-order valence-corrected chi connectivity index (χ3v) is 4.04. The van der Waals surface area contributed by atoms with Crippen molar-refractivity contribution >= 4 is 10.9 Å². The predicted octanol–water partition coefficient (Wildman–Crippen LogP) is 3.10. The molecule has 4 nitrogen and oxygen atoms in total. The van der Waals surface area contributed by atoms with Gasteiger partial charge in [-0.3, -0.25) is 4.68 Å². The van der Waals surface area contributed by atoms with Crippen LogP contribution in [0.4, 0.5) is 0 Å². The second-order valence-electron chi connectivity index (χ2n) is 5.63. The maximum Gasteiger partial charge on any atom is 0.0641 e. The zero-order chi connectivity index (χ0) is 14.8. The van der Waals surface area contributed by atoms with Crippen LogP contribution in [0, 0.1) is 6.92 Å². The Morgan fingerprint density at radius 1 is 1.33 bits per heavy atom. The molecule has 110 valence electrons. The fourth-order valence-electron chi connectivity index (χ4n) is 2.91. The van der Waals surface area contributed by atoms with Crippen LogP contribution < -0.4 is 5.32 Å². The van der Waals surface area contributed by atoms with E-state index < -0.39 is 0 Å². The molecule has 1 atom stereocenters. The van der Waals surface area contributed by atoms with E-state index in [4.69, 9.17) is 0 Å². The number of para-hydroxylation sites is 1. The maximum atomic E-state index is 4.40. The number of rotatable bonds is 5. The molecule has 0 fully saturated rings. The van der Waals surface area contributed by atoms with Crippen LogP contribution in [0.2, 0.25) is 0 Å². The number of fused-ring (bicyclic) bond motifs is 1. The number of nitrogens with zero attached hydrogens (tertiary/aromatic N) is 2. The van der Waals surface area contributed by atoms with Crippen LogP contribution in [0.5, 0.6) is 0 Å². The molecule has 3 rings (SSSR count). The Labute approximate surface area is 125 Å². The van der Waals surface area contributed by atoms with E-state index in [1.807, 2.05) is 11.7 Å². The lowest BCUT2D eigenvalue weighted by Gasteiger charge is -2.12. The molecule has 4 heteroatoms. The van der Waals surface area contributed by atoms with Crippen molar-refractivity contribution < 1.29 is 0 Å². The molecule has 0 aliphatic carbocycles. The van der Waals surface area contributed by atoms with Crippen molar-refractivity contribution in [3.8, 4) is 0 Å². The van der Waals surface area contributed by atoms with Crippen LogP contribution in [0.15, 0.2) is 36.7 Å². The molecule has 0 amide bonds. The van der Waals surface area contributed by atoms with E-state index in [0.29, 0.717) is 6.04 Å². The lowest BCUT2D eigenvalue weighted by atomic mass is 10.1. The van der Waals surface area contributed by atoms with Crippen LogP contribution >= 0.6 is 0 Å². The highest BCUT2D eigenvalue weighted by atomic mass is 15.3. The first-order valence-electron chi connectivity index (χ1n) is 7.43. The second-order valence-corrected chi connectivity index (χ2v) is 5.63. The first-order chi connectivity index (χ1) is 10.1. The van der Waals surface area contributed by atoms with E-state index in [0.717, 1.165) is 18.7 Å². The van der Waals surface area contributed by atoms with Gasteiger partial charge in [0.25, 0.3) is 0 Å². The zero-order valence-electron chi connectivity index (χ0n) is 12.9. The third kappa shape index (κ3) is 2.85. The largest absolute Gasteiger partial charge is 0.361 e. The van der Waals surface area contributed by atoms with Gasteiger partial charge in [-0.25, -0.2) is 0 Å². The molecule has 2 aromatic heterocycles. The van der Waals surface area contributed by atoms with Crippen molar-refractivity contribution in [3.63, 3.8) is 0 Å². The summed E-state index contributed by atoms with van der Waals surface area (Å²) in [5.74, 6) is 0. The third-order valence-electron chi connectivity index (χ3n) is 4.04. The highest BCUT2D eigenvalue weighted by molar-refractivity contribution is 5.83. The maximum absolute atomic E-state index is 4.40. The highest BCUT2D eigenvalue weighted by Crippen LogP contribution is 2.19. The molecule has 0 spiro atoms. The summed E-state index contributed by atoms with van der Waals surface area (Å²) in [6, 6.07) is 8.77. The standard InChI is InChI=1S/C17H22N4/c1-12(16-11-21(3)20-13(16)2)18-9-8-14-10-19-17-7-5-4-6-15(14)17/h4-7,10-12,18-19H,8-9H2,1-3H3. The van der Waals surface area contributed by atoms with Crippen LogP contribution in [-0.2, 0) is 13.5 Å². The summed E-state index contributed by atoms with van der Waals surface area (Å²) >= 11 is 0. The molecule has 0 radical (unpaired) electrons. The molecule has 0 bridgehead atoms. The van der Waals surface area contributed by atoms with Crippen molar-refractivity contribution in [2.24, 2.45) is 7.05 Å². The second kappa shape index (κ2) is 5.74. The van der Waals surface area contributed by atoms with E-state index in [2.05, 4.69) is 65.9 Å². The summed E-state index contributed by atoms with van der Waals surface area (Å²) < 4.78 is 1.88. The lowest BCUT2D eigenvalue weighted by molar-refractivity contribution is 0.575. The molecular weight excluding hydrogens is 260 g/mol. The van der Waals surface area contributed by atoms with E-state index >= 15 is 0 Å². The molecule has 0 aliphatic heterocycles. The first kappa shape index (κ1) is 13.9. The molecule has 1 aromatic carbocycles. The number of benzene rings is 1. The van der Waals surface area contributed by atoms with Crippen molar-refractivity contribution in [1.82, 2.24) is 20.1 Å². The van der Waals surface area contributed by atoms with Crippen molar-refractivity contribution in [3.05, 3.63) is 53.5 Å². The number of hydrogen-bond donors (Lipinski definition) is 2. The Kier molecular flexibility index (Phi) is 3.80. The average molecular weight is 282 g/mol. The number of nitrogens with one attached hydrogen (secondary N) is 2. The fraction of sp³-hybridized carbons (Fsp3) is 0.353. The molecule has 2 heterocycles. The van der Waals surface area contributed by atoms with E-state index in [9.17, 15) is 0 Å². The Hall–Kier alpha value is -2.07. The van der Waals surface area contributed by atoms with Gasteiger partial charge < -0.3 is 10.3 Å². The predicted molar refractivity (Wildman–Crippen MR) is 86.4 cm³/mol. The minimum atomic E-state index is 0.323. The molecule has 1 unspecified atom stereocenters. The van der Waals surface area contributed by atoms with Crippen LogP contribution in [0.3, 0.4) is 0 Å². The van der Waals surface area contributed by atoms with Gasteiger partial charge in [0, 0.05) is 41.9 Å². The van der Waals surface area contributed by atoms with Gasteiger partial charge >= 0.3 is 0 Å². The summed E-state index contributed by atoms with van der Waals surface area (Å²) in [7, 11) is 1.97. The number of H-pyrrole nitrogens is 1. The van der Waals surface area contributed by atoms with E-state index in [-0.39, 0.29) is 0 Å². The molecular formula is C17H22N4. The minimum Gasteiger partial charge on any atom is -0.361 e. The zero-order valence-corrected chi connectivity index (χ0v) is 12.9. The minimum absolute atomic E-state index is 0.323.